The smallest absolute Gasteiger partial charge is 0.328 e. The van der Waals surface area contributed by atoms with Crippen molar-refractivity contribution in [2.45, 2.75) is 70.5 Å². The van der Waals surface area contributed by atoms with Crippen molar-refractivity contribution >= 4 is 5.97 Å². The van der Waals surface area contributed by atoms with Gasteiger partial charge in [0, 0.05) is 6.08 Å². The predicted octanol–water partition coefficient (Wildman–Crippen LogP) is 5.76. The van der Waals surface area contributed by atoms with Gasteiger partial charge >= 0.3 is 5.97 Å². The Balaban J connectivity index is 1.88. The van der Waals surface area contributed by atoms with Gasteiger partial charge in [0.05, 0.1) is 12.2 Å². The Morgan fingerprint density at radius 2 is 1.44 bits per heavy atom. The quantitative estimate of drug-likeness (QED) is 0.189. The number of carboxylic acids is 1. The molecule has 0 aliphatic carbocycles. The second kappa shape index (κ2) is 14.5. The van der Waals surface area contributed by atoms with Crippen molar-refractivity contribution in [2.24, 2.45) is 0 Å². The molecular formula is C22H32O3. The lowest BCUT2D eigenvalue weighted by molar-refractivity contribution is -0.131. The standard InChI is InChI=1S/C22H32O3/c1-2-20-21(25-20)18-16-14-12-10-8-6-4-3-5-7-9-11-13-15-17-19-22(23)24/h3-5,7,9,11,13,15,17,19-21H,2,6,8,10,12,14,16,18H2,1H3,(H,23,24)/b4-3-,7-5+,11-9-,15-13-,19-17+. The molecule has 0 radical (unpaired) electrons. The van der Waals surface area contributed by atoms with Crippen molar-refractivity contribution in [3.8, 4) is 0 Å². The first kappa shape index (κ1) is 21.2. The lowest BCUT2D eigenvalue weighted by atomic mass is 10.1. The molecule has 1 aliphatic rings. The topological polar surface area (TPSA) is 49.8 Å². The van der Waals surface area contributed by atoms with E-state index in [9.17, 15) is 4.79 Å². The Hall–Kier alpha value is -1.87. The highest BCUT2D eigenvalue weighted by Crippen LogP contribution is 2.29. The Morgan fingerprint density at radius 1 is 0.840 bits per heavy atom. The van der Waals surface area contributed by atoms with Crippen LogP contribution in [0.5, 0.6) is 0 Å². The van der Waals surface area contributed by atoms with Crippen LogP contribution in [-0.4, -0.2) is 23.3 Å². The van der Waals surface area contributed by atoms with Crippen LogP contribution < -0.4 is 0 Å². The van der Waals surface area contributed by atoms with E-state index in [2.05, 4.69) is 19.1 Å². The van der Waals surface area contributed by atoms with Crippen LogP contribution in [0.2, 0.25) is 0 Å². The summed E-state index contributed by atoms with van der Waals surface area (Å²) in [6.07, 6.45) is 29.4. The van der Waals surface area contributed by atoms with Crippen molar-refractivity contribution in [2.75, 3.05) is 0 Å². The van der Waals surface area contributed by atoms with E-state index in [0.29, 0.717) is 12.2 Å². The monoisotopic (exact) mass is 344 g/mol. The molecule has 0 amide bonds. The molecule has 0 aromatic rings. The van der Waals surface area contributed by atoms with Crippen molar-refractivity contribution in [1.82, 2.24) is 0 Å². The first-order chi connectivity index (χ1) is 12.2. The van der Waals surface area contributed by atoms with Crippen LogP contribution in [0.15, 0.2) is 60.8 Å². The summed E-state index contributed by atoms with van der Waals surface area (Å²) >= 11 is 0. The molecule has 1 N–H and O–H groups in total. The minimum atomic E-state index is -0.934. The average molecular weight is 344 g/mol. The van der Waals surface area contributed by atoms with Gasteiger partial charge in [-0.3, -0.25) is 0 Å². The summed E-state index contributed by atoms with van der Waals surface area (Å²) in [6.45, 7) is 2.20. The molecule has 2 unspecified atom stereocenters. The van der Waals surface area contributed by atoms with Crippen LogP contribution in [-0.2, 0) is 9.53 Å². The molecule has 1 saturated heterocycles. The molecule has 1 fully saturated rings. The van der Waals surface area contributed by atoms with Gasteiger partial charge in [0.2, 0.25) is 0 Å². The highest BCUT2D eigenvalue weighted by Gasteiger charge is 2.35. The van der Waals surface area contributed by atoms with Crippen LogP contribution in [0, 0.1) is 0 Å². The second-order valence-electron chi connectivity index (χ2n) is 6.25. The van der Waals surface area contributed by atoms with Gasteiger partial charge in [-0.25, -0.2) is 4.79 Å². The number of hydrogen-bond donors (Lipinski definition) is 1. The molecule has 1 heterocycles. The van der Waals surface area contributed by atoms with Crippen molar-refractivity contribution in [3.05, 3.63) is 60.8 Å². The Morgan fingerprint density at radius 3 is 2.08 bits per heavy atom. The Labute approximate surface area is 152 Å². The fourth-order valence-corrected chi connectivity index (χ4v) is 2.63. The minimum absolute atomic E-state index is 0.567. The molecule has 0 aromatic carbocycles. The summed E-state index contributed by atoms with van der Waals surface area (Å²) in [6, 6.07) is 0. The van der Waals surface area contributed by atoms with Crippen LogP contribution in [0.1, 0.15) is 58.3 Å². The van der Waals surface area contributed by atoms with E-state index in [1.165, 1.54) is 51.0 Å². The highest BCUT2D eigenvalue weighted by molar-refractivity contribution is 5.80. The number of hydrogen-bond acceptors (Lipinski definition) is 2. The zero-order valence-electron chi connectivity index (χ0n) is 15.3. The number of epoxide rings is 1. The normalized spacial score (nSPS) is 20.8. The maximum atomic E-state index is 10.2. The zero-order valence-corrected chi connectivity index (χ0v) is 15.3. The number of allylic oxidation sites excluding steroid dienone is 9. The molecule has 2 atom stereocenters. The van der Waals surface area contributed by atoms with E-state index >= 15 is 0 Å². The molecule has 3 nitrogen and oxygen atoms in total. The molecule has 0 aromatic heterocycles. The summed E-state index contributed by atoms with van der Waals surface area (Å²) in [5, 5.41) is 8.41. The summed E-state index contributed by atoms with van der Waals surface area (Å²) in [4.78, 5) is 10.2. The number of ether oxygens (including phenoxy) is 1. The lowest BCUT2D eigenvalue weighted by Crippen LogP contribution is -1.92. The number of aliphatic carboxylic acids is 1. The summed E-state index contributed by atoms with van der Waals surface area (Å²) in [5.41, 5.74) is 0. The van der Waals surface area contributed by atoms with Gasteiger partial charge in [-0.2, -0.15) is 0 Å². The fourth-order valence-electron chi connectivity index (χ4n) is 2.63. The van der Waals surface area contributed by atoms with E-state index in [0.717, 1.165) is 12.5 Å². The van der Waals surface area contributed by atoms with Crippen molar-refractivity contribution in [3.63, 3.8) is 0 Å². The average Bonchev–Trinajstić information content (AvgIpc) is 3.36. The van der Waals surface area contributed by atoms with E-state index < -0.39 is 5.97 Å². The first-order valence-corrected chi connectivity index (χ1v) is 9.45. The van der Waals surface area contributed by atoms with Gasteiger partial charge in [0.15, 0.2) is 0 Å². The third-order valence-corrected chi connectivity index (χ3v) is 4.10. The van der Waals surface area contributed by atoms with Gasteiger partial charge in [-0.05, 0) is 25.7 Å². The van der Waals surface area contributed by atoms with Crippen molar-refractivity contribution in [1.29, 1.82) is 0 Å². The molecule has 1 rings (SSSR count). The van der Waals surface area contributed by atoms with E-state index in [1.807, 2.05) is 24.3 Å². The fraction of sp³-hybridized carbons (Fsp3) is 0.500. The Bertz CT molecular complexity index is 497. The van der Waals surface area contributed by atoms with E-state index in [1.54, 1.807) is 12.2 Å². The number of carbonyl (C=O) groups is 1. The SMILES string of the molecule is CCC1OC1CCCCCCC\C=C/C=C/C=C\C=C/C=C/C(=O)O. The Kier molecular flexibility index (Phi) is 12.3. The molecular weight excluding hydrogens is 312 g/mol. The van der Waals surface area contributed by atoms with Crippen LogP contribution >= 0.6 is 0 Å². The summed E-state index contributed by atoms with van der Waals surface area (Å²) < 4.78 is 5.55. The third kappa shape index (κ3) is 13.1. The lowest BCUT2D eigenvalue weighted by Gasteiger charge is -1.98. The van der Waals surface area contributed by atoms with E-state index in [4.69, 9.17) is 9.84 Å². The largest absolute Gasteiger partial charge is 0.478 e. The summed E-state index contributed by atoms with van der Waals surface area (Å²) in [5.74, 6) is -0.934. The third-order valence-electron chi connectivity index (χ3n) is 4.10. The number of unbranched alkanes of at least 4 members (excludes halogenated alkanes) is 5. The predicted molar refractivity (Wildman–Crippen MR) is 105 cm³/mol. The second-order valence-corrected chi connectivity index (χ2v) is 6.25. The molecule has 1 aliphatic heterocycles. The molecule has 25 heavy (non-hydrogen) atoms. The van der Waals surface area contributed by atoms with Crippen LogP contribution in [0.25, 0.3) is 0 Å². The van der Waals surface area contributed by atoms with Crippen molar-refractivity contribution < 1.29 is 14.6 Å². The van der Waals surface area contributed by atoms with Gasteiger partial charge in [-0.15, -0.1) is 0 Å². The first-order valence-electron chi connectivity index (χ1n) is 9.45. The minimum Gasteiger partial charge on any atom is -0.478 e. The zero-order chi connectivity index (χ0) is 18.2. The summed E-state index contributed by atoms with van der Waals surface area (Å²) in [7, 11) is 0. The number of carboxylic acid groups (broad SMARTS) is 1. The maximum Gasteiger partial charge on any atom is 0.328 e. The molecule has 3 heteroatoms. The van der Waals surface area contributed by atoms with Gasteiger partial charge in [-0.1, -0.05) is 87.3 Å². The maximum absolute atomic E-state index is 10.2. The number of rotatable bonds is 14. The van der Waals surface area contributed by atoms with Gasteiger partial charge in [0.1, 0.15) is 0 Å². The molecule has 0 bridgehead atoms. The van der Waals surface area contributed by atoms with E-state index in [-0.39, 0.29) is 0 Å². The van der Waals surface area contributed by atoms with Gasteiger partial charge < -0.3 is 9.84 Å². The highest BCUT2D eigenvalue weighted by atomic mass is 16.6. The van der Waals surface area contributed by atoms with Crippen LogP contribution in [0.3, 0.4) is 0 Å². The van der Waals surface area contributed by atoms with Gasteiger partial charge in [0.25, 0.3) is 0 Å². The van der Waals surface area contributed by atoms with Crippen LogP contribution in [0.4, 0.5) is 0 Å². The molecule has 0 spiro atoms. The molecule has 138 valence electrons. The molecule has 0 saturated carbocycles.